The molecule has 0 bridgehead atoms. The van der Waals surface area contributed by atoms with Crippen molar-refractivity contribution in [1.29, 1.82) is 0 Å². The fourth-order valence-electron chi connectivity index (χ4n) is 3.78. The number of rotatable bonds is 4. The highest BCUT2D eigenvalue weighted by Crippen LogP contribution is 2.23. The van der Waals surface area contributed by atoms with E-state index in [0.717, 1.165) is 50.4 Å². The maximum Gasteiger partial charge on any atom is 0.248 e. The van der Waals surface area contributed by atoms with Gasteiger partial charge in [0.25, 0.3) is 0 Å². The maximum absolute atomic E-state index is 12.5. The molecule has 0 N–H and O–H groups in total. The van der Waals surface area contributed by atoms with Crippen LogP contribution in [0, 0.1) is 13.8 Å². The van der Waals surface area contributed by atoms with Gasteiger partial charge in [-0.3, -0.25) is 4.79 Å². The highest BCUT2D eigenvalue weighted by atomic mass is 16.5. The van der Waals surface area contributed by atoms with Gasteiger partial charge >= 0.3 is 0 Å². The van der Waals surface area contributed by atoms with E-state index in [9.17, 15) is 4.79 Å². The van der Waals surface area contributed by atoms with Gasteiger partial charge in [0.15, 0.2) is 0 Å². The first-order valence-corrected chi connectivity index (χ1v) is 8.92. The Bertz CT molecular complexity index is 537. The molecule has 1 saturated heterocycles. The molecule has 1 amide bonds. The number of carbonyl (C=O) groups is 1. The molecule has 128 valence electrons. The highest BCUT2D eigenvalue weighted by molar-refractivity contribution is 5.77. The minimum atomic E-state index is 0.120. The van der Waals surface area contributed by atoms with Crippen molar-refractivity contribution in [2.45, 2.75) is 70.9 Å². The quantitative estimate of drug-likeness (QED) is 0.855. The van der Waals surface area contributed by atoms with Crippen LogP contribution in [0.15, 0.2) is 0 Å². The molecule has 23 heavy (non-hydrogen) atoms. The van der Waals surface area contributed by atoms with Crippen molar-refractivity contribution in [3.8, 4) is 0 Å². The fraction of sp³-hybridized carbons (Fsp3) is 0.824. The lowest BCUT2D eigenvalue weighted by molar-refractivity contribution is -0.140. The number of hydrogen-bond donors (Lipinski definition) is 0. The van der Waals surface area contributed by atoms with E-state index >= 15 is 0 Å². The molecule has 2 heterocycles. The van der Waals surface area contributed by atoms with E-state index in [1.54, 1.807) is 0 Å². The number of aromatic nitrogens is 3. The molecular formula is C17H28N4O2. The topological polar surface area (TPSA) is 60.2 Å². The fourth-order valence-corrected chi connectivity index (χ4v) is 3.78. The lowest BCUT2D eigenvalue weighted by Crippen LogP contribution is -2.43. The first-order chi connectivity index (χ1) is 11.1. The van der Waals surface area contributed by atoms with Gasteiger partial charge in [-0.15, -0.1) is 0 Å². The second-order valence-corrected chi connectivity index (χ2v) is 6.86. The first-order valence-electron chi connectivity index (χ1n) is 8.92. The summed E-state index contributed by atoms with van der Waals surface area (Å²) < 4.78 is 7.82. The molecule has 6 heteroatoms. The van der Waals surface area contributed by atoms with Crippen molar-refractivity contribution in [3.05, 3.63) is 11.6 Å². The van der Waals surface area contributed by atoms with Gasteiger partial charge in [0.05, 0.1) is 12.1 Å². The van der Waals surface area contributed by atoms with Crippen molar-refractivity contribution in [2.75, 3.05) is 19.7 Å². The average molecular weight is 320 g/mol. The van der Waals surface area contributed by atoms with E-state index < -0.39 is 0 Å². The second kappa shape index (κ2) is 7.43. The van der Waals surface area contributed by atoms with Crippen molar-refractivity contribution in [3.63, 3.8) is 0 Å². The van der Waals surface area contributed by atoms with Crippen LogP contribution in [-0.4, -0.2) is 51.4 Å². The van der Waals surface area contributed by atoms with Crippen LogP contribution in [-0.2, 0) is 9.53 Å². The Morgan fingerprint density at radius 3 is 2.65 bits per heavy atom. The van der Waals surface area contributed by atoms with Crippen LogP contribution in [0.25, 0.3) is 0 Å². The number of aryl methyl sites for hydroxylation is 2. The Labute approximate surface area is 138 Å². The van der Waals surface area contributed by atoms with E-state index in [2.05, 4.69) is 10.1 Å². The molecule has 0 aromatic carbocycles. The predicted molar refractivity (Wildman–Crippen MR) is 87.2 cm³/mol. The lowest BCUT2D eigenvalue weighted by Gasteiger charge is -2.33. The molecule has 0 radical (unpaired) electrons. The van der Waals surface area contributed by atoms with Gasteiger partial charge in [0.1, 0.15) is 18.3 Å². The molecule has 1 aliphatic heterocycles. The average Bonchev–Trinajstić information content (AvgIpc) is 2.92. The third-order valence-electron chi connectivity index (χ3n) is 5.00. The molecule has 1 aliphatic carbocycles. The Morgan fingerprint density at radius 2 is 1.96 bits per heavy atom. The van der Waals surface area contributed by atoms with Gasteiger partial charge in [0, 0.05) is 13.1 Å². The summed E-state index contributed by atoms with van der Waals surface area (Å²) in [6.07, 6.45) is 8.33. The summed E-state index contributed by atoms with van der Waals surface area (Å²) in [6, 6.07) is 0.239. The molecule has 1 aromatic rings. The predicted octanol–water partition coefficient (Wildman–Crippen LogP) is 2.41. The zero-order chi connectivity index (χ0) is 16.2. The van der Waals surface area contributed by atoms with Gasteiger partial charge in [-0.2, -0.15) is 5.10 Å². The first kappa shape index (κ1) is 16.4. The van der Waals surface area contributed by atoms with Crippen LogP contribution in [0.3, 0.4) is 0 Å². The minimum Gasteiger partial charge on any atom is -0.368 e. The molecule has 1 unspecified atom stereocenters. The standard InChI is InChI=1S/C17H28N4O2/c1-13-18-14(2)21(19-13)15-7-6-10-20(11-15)17(22)12-23-16-8-4-3-5-9-16/h15-16H,3-12H2,1-2H3. The van der Waals surface area contributed by atoms with Crippen LogP contribution in [0.4, 0.5) is 0 Å². The van der Waals surface area contributed by atoms with Gasteiger partial charge in [-0.25, -0.2) is 9.67 Å². The number of hydrogen-bond acceptors (Lipinski definition) is 4. The largest absolute Gasteiger partial charge is 0.368 e. The van der Waals surface area contributed by atoms with Crippen LogP contribution in [0.5, 0.6) is 0 Å². The summed E-state index contributed by atoms with van der Waals surface area (Å²) in [7, 11) is 0. The van der Waals surface area contributed by atoms with Crippen molar-refractivity contribution in [1.82, 2.24) is 19.7 Å². The minimum absolute atomic E-state index is 0.120. The smallest absolute Gasteiger partial charge is 0.248 e. The van der Waals surface area contributed by atoms with Crippen LogP contribution in [0.2, 0.25) is 0 Å². The monoisotopic (exact) mass is 320 g/mol. The zero-order valence-electron chi connectivity index (χ0n) is 14.3. The number of amides is 1. The van der Waals surface area contributed by atoms with Gasteiger partial charge in [-0.05, 0) is 39.5 Å². The van der Waals surface area contributed by atoms with E-state index in [1.165, 1.54) is 19.3 Å². The molecule has 1 aromatic heterocycles. The van der Waals surface area contributed by atoms with Gasteiger partial charge in [0.2, 0.25) is 5.91 Å². The third kappa shape index (κ3) is 4.10. The van der Waals surface area contributed by atoms with Crippen molar-refractivity contribution >= 4 is 5.91 Å². The maximum atomic E-state index is 12.5. The Morgan fingerprint density at radius 1 is 1.17 bits per heavy atom. The second-order valence-electron chi connectivity index (χ2n) is 6.86. The van der Waals surface area contributed by atoms with Crippen LogP contribution < -0.4 is 0 Å². The molecule has 0 spiro atoms. The van der Waals surface area contributed by atoms with Crippen molar-refractivity contribution < 1.29 is 9.53 Å². The number of likely N-dealkylation sites (tertiary alicyclic amines) is 1. The number of nitrogens with zero attached hydrogens (tertiary/aromatic N) is 4. The summed E-state index contributed by atoms with van der Waals surface area (Å²) in [5, 5.41) is 4.48. The Hall–Kier alpha value is -1.43. The highest BCUT2D eigenvalue weighted by Gasteiger charge is 2.27. The molecule has 1 saturated carbocycles. The Kier molecular flexibility index (Phi) is 5.30. The summed E-state index contributed by atoms with van der Waals surface area (Å²) in [6.45, 7) is 5.67. The normalized spacial score (nSPS) is 23.2. The molecule has 3 rings (SSSR count). The number of carbonyl (C=O) groups excluding carboxylic acids is 1. The summed E-state index contributed by atoms with van der Waals surface area (Å²) in [5.74, 6) is 1.85. The zero-order valence-corrected chi connectivity index (χ0v) is 14.3. The van der Waals surface area contributed by atoms with E-state index in [0.29, 0.717) is 0 Å². The molecular weight excluding hydrogens is 292 g/mol. The van der Waals surface area contributed by atoms with Crippen LogP contribution in [0.1, 0.15) is 62.6 Å². The SMILES string of the molecule is Cc1nc(C)n(C2CCCN(C(=O)COC3CCCCC3)C2)n1. The van der Waals surface area contributed by atoms with Crippen LogP contribution >= 0.6 is 0 Å². The van der Waals surface area contributed by atoms with Gasteiger partial charge in [-0.1, -0.05) is 19.3 Å². The number of ether oxygens (including phenoxy) is 1. The lowest BCUT2D eigenvalue weighted by atomic mass is 9.98. The molecule has 2 fully saturated rings. The van der Waals surface area contributed by atoms with Gasteiger partial charge < -0.3 is 9.64 Å². The third-order valence-corrected chi connectivity index (χ3v) is 5.00. The van der Waals surface area contributed by atoms with E-state index in [-0.39, 0.29) is 24.7 Å². The van der Waals surface area contributed by atoms with Crippen molar-refractivity contribution in [2.24, 2.45) is 0 Å². The molecule has 2 aliphatic rings. The molecule has 1 atom stereocenters. The van der Waals surface area contributed by atoms with E-state index in [1.807, 2.05) is 23.4 Å². The summed E-state index contributed by atoms with van der Waals surface area (Å²) in [4.78, 5) is 18.8. The summed E-state index contributed by atoms with van der Waals surface area (Å²) in [5.41, 5.74) is 0. The Balaban J connectivity index is 1.53. The van der Waals surface area contributed by atoms with E-state index in [4.69, 9.17) is 4.74 Å². The number of piperidine rings is 1. The molecule has 6 nitrogen and oxygen atoms in total. The summed E-state index contributed by atoms with van der Waals surface area (Å²) >= 11 is 0.